The second kappa shape index (κ2) is 14.8. The summed E-state index contributed by atoms with van der Waals surface area (Å²) < 4.78 is 65.5. The van der Waals surface area contributed by atoms with Crippen LogP contribution in [-0.2, 0) is 48.0 Å². The molecule has 0 saturated carbocycles. The molecule has 1 aromatic carbocycles. The molecule has 3 N–H and O–H groups in total. The zero-order chi connectivity index (χ0) is 34.4. The summed E-state index contributed by atoms with van der Waals surface area (Å²) in [5, 5.41) is 6.76. The van der Waals surface area contributed by atoms with Crippen LogP contribution in [0.5, 0.6) is 5.75 Å². The third kappa shape index (κ3) is 7.73. The molecule has 0 radical (unpaired) electrons. The van der Waals surface area contributed by atoms with Crippen molar-refractivity contribution >= 4 is 37.0 Å². The molecule has 3 aromatic rings. The van der Waals surface area contributed by atoms with Crippen LogP contribution < -0.4 is 15.3 Å². The summed E-state index contributed by atoms with van der Waals surface area (Å²) >= 11 is 0. The third-order valence-electron chi connectivity index (χ3n) is 7.24. The van der Waals surface area contributed by atoms with Crippen molar-refractivity contribution in [1.82, 2.24) is 19.7 Å². The molecular formula is C30H39FN5O10P. The van der Waals surface area contributed by atoms with Crippen LogP contribution in [0.3, 0.4) is 0 Å². The van der Waals surface area contributed by atoms with Gasteiger partial charge in [-0.3, -0.25) is 18.9 Å². The smallest absolute Gasteiger partial charge is 0.459 e. The minimum absolute atomic E-state index is 0.0931. The maximum Gasteiger partial charge on any atom is 0.459 e. The highest BCUT2D eigenvalue weighted by molar-refractivity contribution is 7.52. The van der Waals surface area contributed by atoms with E-state index in [1.54, 1.807) is 45.0 Å². The summed E-state index contributed by atoms with van der Waals surface area (Å²) in [6.07, 6.45) is -1.23. The van der Waals surface area contributed by atoms with Crippen LogP contribution in [-0.4, -0.2) is 76.2 Å². The largest absolute Gasteiger partial charge is 0.462 e. The molecule has 1 fully saturated rings. The Kier molecular flexibility index (Phi) is 11.2. The minimum Gasteiger partial charge on any atom is -0.462 e. The highest BCUT2D eigenvalue weighted by Gasteiger charge is 2.66. The fourth-order valence-electron chi connectivity index (χ4n) is 4.93. The van der Waals surface area contributed by atoms with Crippen LogP contribution in [0.2, 0.25) is 0 Å². The summed E-state index contributed by atoms with van der Waals surface area (Å²) in [5.74, 6) is -2.06. The van der Waals surface area contributed by atoms with Gasteiger partial charge in [0.05, 0.1) is 25.0 Å². The van der Waals surface area contributed by atoms with Gasteiger partial charge in [-0.25, -0.2) is 18.5 Å². The second-order valence-corrected chi connectivity index (χ2v) is 12.8. The average Bonchev–Trinajstić information content (AvgIpc) is 3.61. The van der Waals surface area contributed by atoms with Gasteiger partial charge in [0.1, 0.15) is 30.3 Å². The SMILES string of the molecule is CCC(=O)O[C@H]1C(OC(=O)CC)(c2ccc3c(N)ncnn23)CO[C@]1(CF)CO[P@@](=O)(N[C@@H](C)C(=O)OC(C)C)Oc1ccccc1. The van der Waals surface area contributed by atoms with Crippen LogP contribution in [0.1, 0.15) is 53.2 Å². The number of nitrogens with one attached hydrogen (secondary N) is 1. The van der Waals surface area contributed by atoms with E-state index in [0.717, 1.165) is 0 Å². The minimum atomic E-state index is -4.54. The van der Waals surface area contributed by atoms with Crippen molar-refractivity contribution in [3.05, 3.63) is 54.5 Å². The van der Waals surface area contributed by atoms with E-state index in [4.69, 9.17) is 33.7 Å². The molecule has 15 nitrogen and oxygen atoms in total. The van der Waals surface area contributed by atoms with Gasteiger partial charge in [-0.2, -0.15) is 10.2 Å². The average molecular weight is 680 g/mol. The highest BCUT2D eigenvalue weighted by atomic mass is 31.2. The Hall–Kier alpha value is -4.11. The van der Waals surface area contributed by atoms with Crippen LogP contribution >= 0.6 is 7.75 Å². The Morgan fingerprint density at radius 2 is 1.83 bits per heavy atom. The number of hydrogen-bond donors (Lipinski definition) is 2. The molecule has 1 saturated heterocycles. The van der Waals surface area contributed by atoms with Gasteiger partial charge in [0, 0.05) is 12.8 Å². The first-order valence-electron chi connectivity index (χ1n) is 15.0. The molecule has 4 rings (SSSR count). The van der Waals surface area contributed by atoms with Crippen LogP contribution in [0.15, 0.2) is 48.8 Å². The molecule has 47 heavy (non-hydrogen) atoms. The van der Waals surface area contributed by atoms with Gasteiger partial charge in [0.25, 0.3) is 0 Å². The number of anilines is 1. The van der Waals surface area contributed by atoms with Crippen LogP contribution in [0, 0.1) is 0 Å². The lowest BCUT2D eigenvalue weighted by Crippen LogP contribution is -2.56. The number of halogens is 1. The Bertz CT molecular complexity index is 1620. The van der Waals surface area contributed by atoms with E-state index in [9.17, 15) is 18.9 Å². The first kappa shape index (κ1) is 35.7. The first-order valence-corrected chi connectivity index (χ1v) is 16.5. The molecular weight excluding hydrogens is 640 g/mol. The molecule has 1 unspecified atom stereocenters. The van der Waals surface area contributed by atoms with Crippen molar-refractivity contribution in [2.24, 2.45) is 0 Å². The van der Waals surface area contributed by atoms with Crippen molar-refractivity contribution in [3.63, 3.8) is 0 Å². The van der Waals surface area contributed by atoms with Gasteiger partial charge in [-0.05, 0) is 45.0 Å². The Balaban J connectivity index is 1.79. The number of nitrogens with two attached hydrogens (primary N) is 1. The number of alkyl halides is 1. The molecule has 0 spiro atoms. The molecule has 5 atom stereocenters. The number of rotatable bonds is 15. The first-order chi connectivity index (χ1) is 22.3. The number of benzene rings is 1. The van der Waals surface area contributed by atoms with Crippen molar-refractivity contribution < 1.29 is 51.3 Å². The monoisotopic (exact) mass is 679 g/mol. The summed E-state index contributed by atoms with van der Waals surface area (Å²) in [4.78, 5) is 42.4. The van der Waals surface area contributed by atoms with E-state index in [1.165, 1.54) is 42.9 Å². The predicted octanol–water partition coefficient (Wildman–Crippen LogP) is 3.65. The van der Waals surface area contributed by atoms with Gasteiger partial charge < -0.3 is 29.2 Å². The van der Waals surface area contributed by atoms with E-state index < -0.39 is 75.0 Å². The molecule has 0 bridgehead atoms. The topological polar surface area (TPSA) is 192 Å². The number of ether oxygens (including phenoxy) is 4. The Morgan fingerprint density at radius 1 is 1.13 bits per heavy atom. The number of hydrogen-bond acceptors (Lipinski definition) is 13. The maximum atomic E-state index is 15.5. The zero-order valence-electron chi connectivity index (χ0n) is 26.7. The number of aromatic nitrogens is 3. The Labute approximate surface area is 270 Å². The lowest BCUT2D eigenvalue weighted by molar-refractivity contribution is -0.191. The molecule has 17 heteroatoms. The maximum absolute atomic E-state index is 15.5. The Morgan fingerprint density at radius 3 is 2.47 bits per heavy atom. The number of esters is 3. The lowest BCUT2D eigenvalue weighted by atomic mass is 9.85. The van der Waals surface area contributed by atoms with Crippen molar-refractivity contribution in [2.45, 2.75) is 76.9 Å². The number of para-hydroxylation sites is 1. The molecule has 0 aliphatic carbocycles. The molecule has 3 heterocycles. The second-order valence-electron chi connectivity index (χ2n) is 11.1. The van der Waals surface area contributed by atoms with Crippen molar-refractivity contribution in [3.8, 4) is 5.75 Å². The molecule has 0 amide bonds. The predicted molar refractivity (Wildman–Crippen MR) is 165 cm³/mol. The third-order valence-corrected chi connectivity index (χ3v) is 8.87. The number of nitrogens with zero attached hydrogens (tertiary/aromatic N) is 3. The van der Waals surface area contributed by atoms with E-state index >= 15 is 4.39 Å². The zero-order valence-corrected chi connectivity index (χ0v) is 27.6. The number of carbonyl (C=O) groups is 3. The normalized spacial score (nSPS) is 22.8. The van der Waals surface area contributed by atoms with E-state index in [0.29, 0.717) is 5.52 Å². The van der Waals surface area contributed by atoms with Gasteiger partial charge in [-0.15, -0.1) is 0 Å². The van der Waals surface area contributed by atoms with E-state index in [2.05, 4.69) is 15.2 Å². The van der Waals surface area contributed by atoms with Crippen molar-refractivity contribution in [1.29, 1.82) is 0 Å². The molecule has 2 aromatic heterocycles. The fraction of sp³-hybridized carbons (Fsp3) is 0.500. The van der Waals surface area contributed by atoms with Gasteiger partial charge in [-0.1, -0.05) is 32.0 Å². The van der Waals surface area contributed by atoms with E-state index in [-0.39, 0.29) is 30.1 Å². The number of fused-ring (bicyclic) bond motifs is 1. The quantitative estimate of drug-likeness (QED) is 0.134. The summed E-state index contributed by atoms with van der Waals surface area (Å²) in [5.41, 5.74) is 2.32. The van der Waals surface area contributed by atoms with Gasteiger partial charge in [0.15, 0.2) is 17.5 Å². The summed E-state index contributed by atoms with van der Waals surface area (Å²) in [7, 11) is -4.54. The van der Waals surface area contributed by atoms with E-state index in [1.807, 2.05) is 0 Å². The van der Waals surface area contributed by atoms with Crippen LogP contribution in [0.25, 0.3) is 5.52 Å². The summed E-state index contributed by atoms with van der Waals surface area (Å²) in [6, 6.07) is 9.81. The van der Waals surface area contributed by atoms with Crippen LogP contribution in [0.4, 0.5) is 10.2 Å². The highest BCUT2D eigenvalue weighted by Crippen LogP contribution is 2.51. The van der Waals surface area contributed by atoms with Gasteiger partial charge in [0.2, 0.25) is 5.60 Å². The molecule has 1 aliphatic rings. The molecule has 256 valence electrons. The molecule has 1 aliphatic heterocycles. The number of carbonyl (C=O) groups excluding carboxylic acids is 3. The lowest BCUT2D eigenvalue weighted by Gasteiger charge is -2.38. The summed E-state index contributed by atoms with van der Waals surface area (Å²) in [6.45, 7) is 5.00. The van der Waals surface area contributed by atoms with Gasteiger partial charge >= 0.3 is 25.7 Å². The fourth-order valence-corrected chi connectivity index (χ4v) is 6.48. The number of nitrogen functional groups attached to an aromatic ring is 1. The van der Waals surface area contributed by atoms with Crippen molar-refractivity contribution in [2.75, 3.05) is 25.6 Å². The standard InChI is InChI=1S/C30H39FN5O10P/c1-6-24(37)44-28-29(15-31,16-42-47(40,46-21-11-9-8-10-12-21)35-20(5)27(39)43-19(3)4)41-17-30(28,45-25(38)7-2)23-14-13-22-26(32)33-18-34-36(22)23/h8-14,18-20,28H,6-7,15-17H2,1-5H3,(H,35,40)(H2,32,33,34)/t20-,28+,29+,30?,47-/m0/s1.